The minimum absolute atomic E-state index is 0. The summed E-state index contributed by atoms with van der Waals surface area (Å²) in [6.45, 7) is 5.14. The zero-order valence-electron chi connectivity index (χ0n) is 11.6. The minimum Gasteiger partial charge on any atom is -0.352 e. The van der Waals surface area contributed by atoms with Gasteiger partial charge in [0.2, 0.25) is 5.91 Å². The molecule has 1 heterocycles. The van der Waals surface area contributed by atoms with Crippen LogP contribution >= 0.6 is 12.4 Å². The summed E-state index contributed by atoms with van der Waals surface area (Å²) in [7, 11) is 0. The standard InChI is InChI=1S/C15H22N2O.ClH/c1-11-6-3-4-7-13(11)10-12(2)17-15(18)14-8-5-9-16-14;/h3-4,6-7,12,14,16H,5,8-10H2,1-2H3,(H,17,18);1H. The molecule has 1 aliphatic rings. The van der Waals surface area contributed by atoms with Crippen molar-refractivity contribution in [3.05, 3.63) is 35.4 Å². The molecule has 4 heteroatoms. The lowest BCUT2D eigenvalue weighted by atomic mass is 10.0. The van der Waals surface area contributed by atoms with Gasteiger partial charge in [-0.25, -0.2) is 0 Å². The fourth-order valence-corrected chi connectivity index (χ4v) is 2.47. The highest BCUT2D eigenvalue weighted by atomic mass is 35.5. The molecule has 0 aliphatic carbocycles. The van der Waals surface area contributed by atoms with Crippen molar-refractivity contribution >= 4 is 18.3 Å². The molecule has 19 heavy (non-hydrogen) atoms. The third-order valence-electron chi connectivity index (χ3n) is 3.55. The second-order valence-corrected chi connectivity index (χ2v) is 5.19. The summed E-state index contributed by atoms with van der Waals surface area (Å²) in [4.78, 5) is 12.0. The quantitative estimate of drug-likeness (QED) is 0.889. The average molecular weight is 283 g/mol. The van der Waals surface area contributed by atoms with E-state index in [-0.39, 0.29) is 30.4 Å². The molecule has 106 valence electrons. The molecular formula is C15H23ClN2O. The highest BCUT2D eigenvalue weighted by Crippen LogP contribution is 2.10. The van der Waals surface area contributed by atoms with Gasteiger partial charge >= 0.3 is 0 Å². The van der Waals surface area contributed by atoms with Gasteiger partial charge in [0.1, 0.15) is 0 Å². The number of rotatable bonds is 4. The topological polar surface area (TPSA) is 41.1 Å². The van der Waals surface area contributed by atoms with Gasteiger partial charge in [0.05, 0.1) is 6.04 Å². The molecule has 1 aliphatic heterocycles. The Morgan fingerprint density at radius 2 is 2.21 bits per heavy atom. The van der Waals surface area contributed by atoms with Crippen LogP contribution in [0.1, 0.15) is 30.9 Å². The van der Waals surface area contributed by atoms with E-state index in [4.69, 9.17) is 0 Å². The molecule has 3 nitrogen and oxygen atoms in total. The lowest BCUT2D eigenvalue weighted by Crippen LogP contribution is -2.44. The predicted molar refractivity (Wildman–Crippen MR) is 80.8 cm³/mol. The van der Waals surface area contributed by atoms with Crippen LogP contribution in [0.25, 0.3) is 0 Å². The molecule has 1 fully saturated rings. The Morgan fingerprint density at radius 3 is 2.84 bits per heavy atom. The summed E-state index contributed by atoms with van der Waals surface area (Å²) < 4.78 is 0. The summed E-state index contributed by atoms with van der Waals surface area (Å²) in [5, 5.41) is 6.32. The van der Waals surface area contributed by atoms with Crippen molar-refractivity contribution in [2.45, 2.75) is 45.2 Å². The third-order valence-corrected chi connectivity index (χ3v) is 3.55. The molecule has 0 bridgehead atoms. The Kier molecular flexibility index (Phi) is 6.32. The van der Waals surface area contributed by atoms with Gasteiger partial charge in [0, 0.05) is 6.04 Å². The van der Waals surface area contributed by atoms with Crippen LogP contribution in [0.4, 0.5) is 0 Å². The molecule has 1 aromatic rings. The molecule has 1 saturated heterocycles. The van der Waals surface area contributed by atoms with Gasteiger partial charge in [-0.3, -0.25) is 4.79 Å². The lowest BCUT2D eigenvalue weighted by Gasteiger charge is -2.18. The van der Waals surface area contributed by atoms with E-state index in [9.17, 15) is 4.79 Å². The van der Waals surface area contributed by atoms with E-state index in [0.29, 0.717) is 0 Å². The van der Waals surface area contributed by atoms with Gasteiger partial charge in [-0.05, 0) is 50.8 Å². The largest absolute Gasteiger partial charge is 0.352 e. The molecule has 0 spiro atoms. The maximum atomic E-state index is 12.0. The van der Waals surface area contributed by atoms with E-state index in [1.807, 2.05) is 6.07 Å². The van der Waals surface area contributed by atoms with E-state index < -0.39 is 0 Å². The first-order valence-corrected chi connectivity index (χ1v) is 6.75. The normalized spacial score (nSPS) is 19.6. The van der Waals surface area contributed by atoms with Crippen LogP contribution in [0.3, 0.4) is 0 Å². The molecular weight excluding hydrogens is 260 g/mol. The molecule has 0 radical (unpaired) electrons. The fourth-order valence-electron chi connectivity index (χ4n) is 2.47. The smallest absolute Gasteiger partial charge is 0.237 e. The van der Waals surface area contributed by atoms with Crippen molar-refractivity contribution in [3.63, 3.8) is 0 Å². The van der Waals surface area contributed by atoms with Crippen molar-refractivity contribution in [2.75, 3.05) is 6.54 Å². The predicted octanol–water partition coefficient (Wildman–Crippen LogP) is 2.22. The Labute approximate surface area is 121 Å². The second-order valence-electron chi connectivity index (χ2n) is 5.19. The molecule has 1 aromatic carbocycles. The zero-order chi connectivity index (χ0) is 13.0. The van der Waals surface area contributed by atoms with E-state index in [2.05, 4.69) is 42.7 Å². The third kappa shape index (κ3) is 4.51. The first-order chi connectivity index (χ1) is 8.66. The van der Waals surface area contributed by atoms with Crippen molar-refractivity contribution < 1.29 is 4.79 Å². The molecule has 0 saturated carbocycles. The molecule has 1 amide bonds. The number of aryl methyl sites for hydroxylation is 1. The van der Waals surface area contributed by atoms with Gasteiger partial charge in [-0.2, -0.15) is 0 Å². The first kappa shape index (κ1) is 16.0. The highest BCUT2D eigenvalue weighted by molar-refractivity contribution is 5.85. The van der Waals surface area contributed by atoms with Crippen LogP contribution in [0.5, 0.6) is 0 Å². The van der Waals surface area contributed by atoms with Crippen molar-refractivity contribution in [3.8, 4) is 0 Å². The average Bonchev–Trinajstić information content (AvgIpc) is 2.85. The van der Waals surface area contributed by atoms with Gasteiger partial charge in [-0.1, -0.05) is 24.3 Å². The number of hydrogen-bond donors (Lipinski definition) is 2. The van der Waals surface area contributed by atoms with E-state index >= 15 is 0 Å². The van der Waals surface area contributed by atoms with Gasteiger partial charge in [0.25, 0.3) is 0 Å². The first-order valence-electron chi connectivity index (χ1n) is 6.75. The molecule has 0 aromatic heterocycles. The van der Waals surface area contributed by atoms with Crippen molar-refractivity contribution in [1.29, 1.82) is 0 Å². The van der Waals surface area contributed by atoms with E-state index in [1.165, 1.54) is 11.1 Å². The van der Waals surface area contributed by atoms with Crippen LogP contribution in [-0.4, -0.2) is 24.5 Å². The highest BCUT2D eigenvalue weighted by Gasteiger charge is 2.22. The van der Waals surface area contributed by atoms with Crippen molar-refractivity contribution in [1.82, 2.24) is 10.6 Å². The number of nitrogens with one attached hydrogen (secondary N) is 2. The van der Waals surface area contributed by atoms with Crippen LogP contribution in [0, 0.1) is 6.92 Å². The number of halogens is 1. The van der Waals surface area contributed by atoms with Crippen molar-refractivity contribution in [2.24, 2.45) is 0 Å². The zero-order valence-corrected chi connectivity index (χ0v) is 12.4. The Balaban J connectivity index is 0.00000180. The Morgan fingerprint density at radius 1 is 1.47 bits per heavy atom. The van der Waals surface area contributed by atoms with Gasteiger partial charge in [0.15, 0.2) is 0 Å². The number of benzene rings is 1. The number of carbonyl (C=O) groups excluding carboxylic acids is 1. The lowest BCUT2D eigenvalue weighted by molar-refractivity contribution is -0.123. The molecule has 2 unspecified atom stereocenters. The van der Waals surface area contributed by atoms with Gasteiger partial charge < -0.3 is 10.6 Å². The summed E-state index contributed by atoms with van der Waals surface area (Å²) >= 11 is 0. The minimum atomic E-state index is 0. The summed E-state index contributed by atoms with van der Waals surface area (Å²) in [6, 6.07) is 8.54. The van der Waals surface area contributed by atoms with E-state index in [0.717, 1.165) is 25.8 Å². The van der Waals surface area contributed by atoms with Gasteiger partial charge in [-0.15, -0.1) is 12.4 Å². The van der Waals surface area contributed by atoms with Crippen LogP contribution in [0.2, 0.25) is 0 Å². The molecule has 2 rings (SSSR count). The maximum absolute atomic E-state index is 12.0. The van der Waals surface area contributed by atoms with E-state index in [1.54, 1.807) is 0 Å². The van der Waals surface area contributed by atoms with Crippen LogP contribution < -0.4 is 10.6 Å². The summed E-state index contributed by atoms with van der Waals surface area (Å²) in [6.07, 6.45) is 2.96. The monoisotopic (exact) mass is 282 g/mol. The number of carbonyl (C=O) groups is 1. The fraction of sp³-hybridized carbons (Fsp3) is 0.533. The van der Waals surface area contributed by atoms with Crippen LogP contribution in [-0.2, 0) is 11.2 Å². The SMILES string of the molecule is Cc1ccccc1CC(C)NC(=O)C1CCCN1.Cl. The molecule has 2 N–H and O–H groups in total. The number of amides is 1. The molecule has 2 atom stereocenters. The Hall–Kier alpha value is -1.06. The summed E-state index contributed by atoms with van der Waals surface area (Å²) in [5.74, 6) is 0.147. The number of hydrogen-bond acceptors (Lipinski definition) is 2. The Bertz CT molecular complexity index is 416. The summed E-state index contributed by atoms with van der Waals surface area (Å²) in [5.41, 5.74) is 2.60. The second kappa shape index (κ2) is 7.51. The van der Waals surface area contributed by atoms with Crippen LogP contribution in [0.15, 0.2) is 24.3 Å². The maximum Gasteiger partial charge on any atom is 0.237 e.